The summed E-state index contributed by atoms with van der Waals surface area (Å²) in [6.07, 6.45) is -4.53. The molecule has 0 saturated heterocycles. The quantitative estimate of drug-likeness (QED) is 0.727. The number of halogens is 3. The van der Waals surface area contributed by atoms with Gasteiger partial charge in [-0.1, -0.05) is 25.1 Å². The van der Waals surface area contributed by atoms with Crippen LogP contribution in [-0.2, 0) is 17.5 Å². The van der Waals surface area contributed by atoms with Gasteiger partial charge in [0.2, 0.25) is 5.91 Å². The van der Waals surface area contributed by atoms with E-state index >= 15 is 0 Å². The minimum absolute atomic E-state index is 0.0446. The number of methoxy groups -OCH3 is 2. The molecule has 1 N–H and O–H groups in total. The van der Waals surface area contributed by atoms with E-state index in [1.807, 2.05) is 17.9 Å². The highest BCUT2D eigenvalue weighted by molar-refractivity contribution is 5.93. The highest BCUT2D eigenvalue weighted by Crippen LogP contribution is 2.34. The molecule has 0 aliphatic heterocycles. The van der Waals surface area contributed by atoms with E-state index in [4.69, 9.17) is 9.47 Å². The number of nitrogens with one attached hydrogen (secondary N) is 1. The van der Waals surface area contributed by atoms with Crippen molar-refractivity contribution in [2.45, 2.75) is 19.6 Å². The molecule has 2 rings (SSSR count). The van der Waals surface area contributed by atoms with E-state index in [0.29, 0.717) is 24.6 Å². The van der Waals surface area contributed by atoms with Crippen LogP contribution in [0.2, 0.25) is 0 Å². The van der Waals surface area contributed by atoms with Crippen LogP contribution in [0.4, 0.5) is 18.9 Å². The summed E-state index contributed by atoms with van der Waals surface area (Å²) in [7, 11) is 3.07. The van der Waals surface area contributed by atoms with Crippen molar-refractivity contribution in [3.05, 3.63) is 53.6 Å². The molecule has 152 valence electrons. The summed E-state index contributed by atoms with van der Waals surface area (Å²) in [5.74, 6) is 0.648. The Morgan fingerprint density at radius 3 is 2.36 bits per heavy atom. The second-order valence-electron chi connectivity index (χ2n) is 6.08. The average molecular weight is 396 g/mol. The number of likely N-dealkylation sites (N-methyl/N-ethyl adjacent to an activating group) is 1. The number of carbonyl (C=O) groups is 1. The van der Waals surface area contributed by atoms with Gasteiger partial charge in [-0.2, -0.15) is 13.2 Å². The molecule has 2 aromatic carbocycles. The largest absolute Gasteiger partial charge is 0.493 e. The van der Waals surface area contributed by atoms with Crippen LogP contribution >= 0.6 is 0 Å². The molecule has 2 aromatic rings. The highest BCUT2D eigenvalue weighted by atomic mass is 19.4. The first-order chi connectivity index (χ1) is 13.3. The Morgan fingerprint density at radius 1 is 1.07 bits per heavy atom. The van der Waals surface area contributed by atoms with E-state index in [1.54, 1.807) is 19.2 Å². The highest BCUT2D eigenvalue weighted by Gasteiger charge is 2.33. The molecule has 0 aliphatic rings. The van der Waals surface area contributed by atoms with Crippen LogP contribution in [0.5, 0.6) is 11.5 Å². The Kier molecular flexibility index (Phi) is 7.28. The molecule has 0 aromatic heterocycles. The van der Waals surface area contributed by atoms with E-state index in [1.165, 1.54) is 25.3 Å². The summed E-state index contributed by atoms with van der Waals surface area (Å²) in [5, 5.41) is 2.36. The number of para-hydroxylation sites is 1. The molecule has 28 heavy (non-hydrogen) atoms. The lowest BCUT2D eigenvalue weighted by molar-refractivity contribution is -0.137. The van der Waals surface area contributed by atoms with Crippen LogP contribution in [0.15, 0.2) is 42.5 Å². The maximum absolute atomic E-state index is 13.1. The summed E-state index contributed by atoms with van der Waals surface area (Å²) < 4.78 is 49.7. The zero-order valence-electron chi connectivity index (χ0n) is 16.0. The third-order valence-electron chi connectivity index (χ3n) is 4.18. The number of benzene rings is 2. The van der Waals surface area contributed by atoms with Gasteiger partial charge in [0.15, 0.2) is 11.5 Å². The molecule has 8 heteroatoms. The van der Waals surface area contributed by atoms with Gasteiger partial charge in [0.1, 0.15) is 0 Å². The first-order valence-corrected chi connectivity index (χ1v) is 8.67. The zero-order chi connectivity index (χ0) is 20.7. The molecule has 0 aliphatic carbocycles. The number of rotatable bonds is 8. The molecular weight excluding hydrogens is 373 g/mol. The minimum atomic E-state index is -4.53. The van der Waals surface area contributed by atoms with Gasteiger partial charge < -0.3 is 14.8 Å². The second-order valence-corrected chi connectivity index (χ2v) is 6.08. The molecule has 0 radical (unpaired) electrons. The third-order valence-corrected chi connectivity index (χ3v) is 4.18. The van der Waals surface area contributed by atoms with E-state index in [9.17, 15) is 18.0 Å². The fourth-order valence-corrected chi connectivity index (χ4v) is 2.75. The van der Waals surface area contributed by atoms with E-state index < -0.39 is 17.6 Å². The van der Waals surface area contributed by atoms with Crippen molar-refractivity contribution < 1.29 is 27.4 Å². The molecule has 0 fully saturated rings. The van der Waals surface area contributed by atoms with Gasteiger partial charge in [0.25, 0.3) is 0 Å². The van der Waals surface area contributed by atoms with Crippen LogP contribution in [0.25, 0.3) is 0 Å². The smallest absolute Gasteiger partial charge is 0.418 e. The molecule has 5 nitrogen and oxygen atoms in total. The standard InChI is InChI=1S/C20H23F3N2O3/c1-4-25(12-14-9-10-17(27-2)18(11-14)28-3)13-19(26)24-16-8-6-5-7-15(16)20(21,22)23/h5-11H,4,12-13H2,1-3H3,(H,24,26). The molecule has 0 heterocycles. The van der Waals surface area contributed by atoms with Crippen molar-refractivity contribution >= 4 is 11.6 Å². The van der Waals surface area contributed by atoms with E-state index in [-0.39, 0.29) is 12.2 Å². The first-order valence-electron chi connectivity index (χ1n) is 8.67. The monoisotopic (exact) mass is 396 g/mol. The van der Waals surface area contributed by atoms with E-state index in [0.717, 1.165) is 11.6 Å². The number of amides is 1. The predicted molar refractivity (Wildman–Crippen MR) is 101 cm³/mol. The fourth-order valence-electron chi connectivity index (χ4n) is 2.75. The molecule has 0 bridgehead atoms. The topological polar surface area (TPSA) is 50.8 Å². The number of carbonyl (C=O) groups excluding carboxylic acids is 1. The predicted octanol–water partition coefficient (Wildman–Crippen LogP) is 4.18. The fraction of sp³-hybridized carbons (Fsp3) is 0.350. The molecule has 0 spiro atoms. The molecule has 0 atom stereocenters. The van der Waals surface area contributed by atoms with Crippen molar-refractivity contribution in [3.8, 4) is 11.5 Å². The summed E-state index contributed by atoms with van der Waals surface area (Å²) in [4.78, 5) is 14.1. The van der Waals surface area contributed by atoms with Crippen LogP contribution in [0.3, 0.4) is 0 Å². The lowest BCUT2D eigenvalue weighted by Gasteiger charge is -2.21. The Bertz CT molecular complexity index is 810. The van der Waals surface area contributed by atoms with Crippen LogP contribution < -0.4 is 14.8 Å². The molecule has 0 unspecified atom stereocenters. The number of alkyl halides is 3. The van der Waals surface area contributed by atoms with Gasteiger partial charge in [0, 0.05) is 6.54 Å². The van der Waals surface area contributed by atoms with Crippen molar-refractivity contribution in [2.75, 3.05) is 32.6 Å². The molecule has 1 amide bonds. The summed E-state index contributed by atoms with van der Waals surface area (Å²) in [6.45, 7) is 2.81. The lowest BCUT2D eigenvalue weighted by atomic mass is 10.1. The lowest BCUT2D eigenvalue weighted by Crippen LogP contribution is -2.33. The maximum atomic E-state index is 13.1. The average Bonchev–Trinajstić information content (AvgIpc) is 2.66. The Labute approximate surface area is 162 Å². The number of anilines is 1. The van der Waals surface area contributed by atoms with Crippen molar-refractivity contribution in [2.24, 2.45) is 0 Å². The Balaban J connectivity index is 2.06. The summed E-state index contributed by atoms with van der Waals surface area (Å²) in [6, 6.07) is 10.3. The number of ether oxygens (including phenoxy) is 2. The van der Waals surface area contributed by atoms with Crippen molar-refractivity contribution in [3.63, 3.8) is 0 Å². The van der Waals surface area contributed by atoms with Crippen molar-refractivity contribution in [1.29, 1.82) is 0 Å². The maximum Gasteiger partial charge on any atom is 0.418 e. The molecular formula is C20H23F3N2O3. The normalized spacial score (nSPS) is 11.4. The first kappa shape index (κ1) is 21.6. The Morgan fingerprint density at radius 2 is 1.75 bits per heavy atom. The molecule has 0 saturated carbocycles. The van der Waals surface area contributed by atoms with Gasteiger partial charge in [-0.3, -0.25) is 9.69 Å². The Hall–Kier alpha value is -2.74. The SMILES string of the molecule is CCN(CC(=O)Nc1ccccc1C(F)(F)F)Cc1ccc(OC)c(OC)c1. The third kappa shape index (κ3) is 5.63. The van der Waals surface area contributed by atoms with Crippen LogP contribution in [-0.4, -0.2) is 38.1 Å². The van der Waals surface area contributed by atoms with Gasteiger partial charge in [-0.15, -0.1) is 0 Å². The minimum Gasteiger partial charge on any atom is -0.493 e. The van der Waals surface area contributed by atoms with Gasteiger partial charge >= 0.3 is 6.18 Å². The number of hydrogen-bond donors (Lipinski definition) is 1. The summed E-state index contributed by atoms with van der Waals surface area (Å²) in [5.41, 5.74) is -0.226. The number of nitrogens with zero attached hydrogens (tertiary/aromatic N) is 1. The number of hydrogen-bond acceptors (Lipinski definition) is 4. The van der Waals surface area contributed by atoms with Gasteiger partial charge in [-0.05, 0) is 36.4 Å². The van der Waals surface area contributed by atoms with E-state index in [2.05, 4.69) is 5.32 Å². The van der Waals surface area contributed by atoms with Crippen molar-refractivity contribution in [1.82, 2.24) is 4.90 Å². The van der Waals surface area contributed by atoms with Gasteiger partial charge in [-0.25, -0.2) is 0 Å². The zero-order valence-corrected chi connectivity index (χ0v) is 16.0. The van der Waals surface area contributed by atoms with Crippen LogP contribution in [0.1, 0.15) is 18.1 Å². The van der Waals surface area contributed by atoms with Crippen LogP contribution in [0, 0.1) is 0 Å². The second kappa shape index (κ2) is 9.45. The van der Waals surface area contributed by atoms with Gasteiger partial charge in [0.05, 0.1) is 32.0 Å². The summed E-state index contributed by atoms with van der Waals surface area (Å²) >= 11 is 0.